The first kappa shape index (κ1) is 10.7. The van der Waals surface area contributed by atoms with Crippen LogP contribution in [-0.4, -0.2) is 6.04 Å². The van der Waals surface area contributed by atoms with E-state index in [1.165, 1.54) is 57.8 Å². The molecule has 2 N–H and O–H groups in total. The standard InChI is InChI=1S/C11H21ClN2/c12-14-13-10-4-8-11(9-5-10)6-2-1-3-7-11/h10,13-14H,1-9H2. The molecule has 2 rings (SSSR count). The summed E-state index contributed by atoms with van der Waals surface area (Å²) in [6.45, 7) is 0. The van der Waals surface area contributed by atoms with Crippen LogP contribution in [0.3, 0.4) is 0 Å². The van der Waals surface area contributed by atoms with Crippen molar-refractivity contribution >= 4 is 11.8 Å². The molecule has 0 radical (unpaired) electrons. The van der Waals surface area contributed by atoms with Crippen molar-refractivity contribution in [1.29, 1.82) is 0 Å². The minimum atomic E-state index is 0.597. The Kier molecular flexibility index (Phi) is 3.69. The van der Waals surface area contributed by atoms with E-state index < -0.39 is 0 Å². The van der Waals surface area contributed by atoms with E-state index >= 15 is 0 Å². The van der Waals surface area contributed by atoms with E-state index in [2.05, 4.69) is 10.4 Å². The Bertz CT molecular complexity index is 168. The highest BCUT2D eigenvalue weighted by molar-refractivity contribution is 6.13. The smallest absolute Gasteiger partial charge is 0.0225 e. The van der Waals surface area contributed by atoms with Crippen molar-refractivity contribution in [3.63, 3.8) is 0 Å². The monoisotopic (exact) mass is 216 g/mol. The Morgan fingerprint density at radius 2 is 1.57 bits per heavy atom. The Morgan fingerprint density at radius 1 is 0.929 bits per heavy atom. The van der Waals surface area contributed by atoms with Crippen LogP contribution in [0.2, 0.25) is 0 Å². The molecule has 14 heavy (non-hydrogen) atoms. The van der Waals surface area contributed by atoms with Crippen LogP contribution in [-0.2, 0) is 0 Å². The molecule has 0 heterocycles. The van der Waals surface area contributed by atoms with E-state index in [4.69, 9.17) is 11.8 Å². The molecule has 0 saturated heterocycles. The Hall–Kier alpha value is 0.210. The first-order valence-electron chi connectivity index (χ1n) is 5.96. The van der Waals surface area contributed by atoms with Crippen LogP contribution in [0.25, 0.3) is 0 Å². The summed E-state index contributed by atoms with van der Waals surface area (Å²) in [6, 6.07) is 0.597. The maximum absolute atomic E-state index is 5.45. The number of hydrogen-bond acceptors (Lipinski definition) is 2. The fourth-order valence-corrected chi connectivity index (χ4v) is 3.41. The Morgan fingerprint density at radius 3 is 2.14 bits per heavy atom. The van der Waals surface area contributed by atoms with Gasteiger partial charge in [-0.2, -0.15) is 4.94 Å². The molecule has 2 aliphatic rings. The van der Waals surface area contributed by atoms with Crippen LogP contribution in [0.4, 0.5) is 0 Å². The summed E-state index contributed by atoms with van der Waals surface area (Å²) in [7, 11) is 0. The lowest BCUT2D eigenvalue weighted by molar-refractivity contribution is 0.106. The Labute approximate surface area is 91.9 Å². The summed E-state index contributed by atoms with van der Waals surface area (Å²) in [5.74, 6) is 0. The lowest BCUT2D eigenvalue weighted by Gasteiger charge is -2.43. The van der Waals surface area contributed by atoms with Crippen molar-refractivity contribution in [1.82, 2.24) is 10.4 Å². The van der Waals surface area contributed by atoms with Gasteiger partial charge in [0, 0.05) is 6.04 Å². The molecule has 82 valence electrons. The zero-order valence-corrected chi connectivity index (χ0v) is 9.58. The number of hydrazine groups is 1. The first-order valence-corrected chi connectivity index (χ1v) is 6.34. The van der Waals surface area contributed by atoms with Gasteiger partial charge in [-0.1, -0.05) is 19.3 Å². The van der Waals surface area contributed by atoms with Crippen molar-refractivity contribution in [3.05, 3.63) is 0 Å². The minimum Gasteiger partial charge on any atom is -0.241 e. The molecular formula is C11H21ClN2. The zero-order valence-electron chi connectivity index (χ0n) is 8.82. The average Bonchev–Trinajstić information content (AvgIpc) is 2.24. The topological polar surface area (TPSA) is 24.1 Å². The quantitative estimate of drug-likeness (QED) is 0.548. The largest absolute Gasteiger partial charge is 0.241 e. The van der Waals surface area contributed by atoms with Crippen LogP contribution in [0.5, 0.6) is 0 Å². The second-order valence-corrected chi connectivity index (χ2v) is 5.26. The van der Waals surface area contributed by atoms with Gasteiger partial charge in [0.05, 0.1) is 0 Å². The fraction of sp³-hybridized carbons (Fsp3) is 1.00. The zero-order chi connectivity index (χ0) is 9.86. The molecule has 0 aromatic carbocycles. The molecule has 0 atom stereocenters. The Balaban J connectivity index is 1.81. The normalized spacial score (nSPS) is 28.1. The van der Waals surface area contributed by atoms with E-state index in [9.17, 15) is 0 Å². The summed E-state index contributed by atoms with van der Waals surface area (Å²) < 4.78 is 0. The van der Waals surface area contributed by atoms with Gasteiger partial charge in [0.2, 0.25) is 0 Å². The molecule has 0 amide bonds. The van der Waals surface area contributed by atoms with Crippen LogP contribution < -0.4 is 10.4 Å². The van der Waals surface area contributed by atoms with Crippen LogP contribution in [0.15, 0.2) is 0 Å². The lowest BCUT2D eigenvalue weighted by atomic mass is 9.64. The highest BCUT2D eigenvalue weighted by atomic mass is 35.5. The van der Waals surface area contributed by atoms with E-state index in [-0.39, 0.29) is 0 Å². The third-order valence-electron chi connectivity index (χ3n) is 4.22. The van der Waals surface area contributed by atoms with Crippen LogP contribution in [0.1, 0.15) is 57.8 Å². The van der Waals surface area contributed by atoms with E-state index in [1.807, 2.05) is 0 Å². The third-order valence-corrected chi connectivity index (χ3v) is 4.33. The molecule has 2 aliphatic carbocycles. The maximum Gasteiger partial charge on any atom is 0.0225 e. The predicted octanol–water partition coefficient (Wildman–Crippen LogP) is 3.13. The number of hydrogen-bond donors (Lipinski definition) is 2. The molecule has 2 fully saturated rings. The van der Waals surface area contributed by atoms with Crippen molar-refractivity contribution in [3.8, 4) is 0 Å². The van der Waals surface area contributed by atoms with E-state index in [0.717, 1.165) is 5.41 Å². The minimum absolute atomic E-state index is 0.597. The molecule has 0 aromatic rings. The lowest BCUT2D eigenvalue weighted by Crippen LogP contribution is -2.41. The van der Waals surface area contributed by atoms with Gasteiger partial charge < -0.3 is 0 Å². The van der Waals surface area contributed by atoms with Crippen molar-refractivity contribution < 1.29 is 0 Å². The van der Waals surface area contributed by atoms with Gasteiger partial charge in [-0.15, -0.1) is 0 Å². The predicted molar refractivity (Wildman–Crippen MR) is 59.9 cm³/mol. The molecule has 0 aromatic heterocycles. The van der Waals surface area contributed by atoms with Gasteiger partial charge in [-0.25, -0.2) is 5.43 Å². The van der Waals surface area contributed by atoms with Gasteiger partial charge in [0.1, 0.15) is 0 Å². The molecule has 0 unspecified atom stereocenters. The summed E-state index contributed by atoms with van der Waals surface area (Å²) in [6.07, 6.45) is 12.7. The van der Waals surface area contributed by atoms with Crippen molar-refractivity contribution in [2.45, 2.75) is 63.8 Å². The van der Waals surface area contributed by atoms with E-state index in [1.54, 1.807) is 0 Å². The molecule has 0 bridgehead atoms. The average molecular weight is 217 g/mol. The number of rotatable bonds is 2. The number of nitrogens with one attached hydrogen (secondary N) is 2. The van der Waals surface area contributed by atoms with Crippen LogP contribution in [0, 0.1) is 5.41 Å². The summed E-state index contributed by atoms with van der Waals surface area (Å²) in [5, 5.41) is 0. The third kappa shape index (κ3) is 2.41. The molecule has 0 aliphatic heterocycles. The molecular weight excluding hydrogens is 196 g/mol. The molecule has 3 heteroatoms. The van der Waals surface area contributed by atoms with E-state index in [0.29, 0.717) is 6.04 Å². The highest BCUT2D eigenvalue weighted by Crippen LogP contribution is 2.47. The molecule has 2 saturated carbocycles. The van der Waals surface area contributed by atoms with Crippen LogP contribution >= 0.6 is 11.8 Å². The first-order chi connectivity index (χ1) is 6.85. The van der Waals surface area contributed by atoms with Crippen molar-refractivity contribution in [2.75, 3.05) is 0 Å². The van der Waals surface area contributed by atoms with Gasteiger partial charge in [-0.3, -0.25) is 0 Å². The SMILES string of the molecule is ClNNC1CCC2(CCCCC2)CC1. The molecule has 1 spiro atoms. The summed E-state index contributed by atoms with van der Waals surface area (Å²) in [5.41, 5.74) is 3.85. The second-order valence-electron chi connectivity index (χ2n) is 5.07. The van der Waals surface area contributed by atoms with Gasteiger partial charge >= 0.3 is 0 Å². The van der Waals surface area contributed by atoms with Gasteiger partial charge in [0.15, 0.2) is 0 Å². The maximum atomic E-state index is 5.45. The molecule has 2 nitrogen and oxygen atoms in total. The summed E-state index contributed by atoms with van der Waals surface area (Å²) in [4.78, 5) is 2.55. The van der Waals surface area contributed by atoms with Gasteiger partial charge in [0.25, 0.3) is 0 Å². The number of halogens is 1. The highest BCUT2D eigenvalue weighted by Gasteiger charge is 2.35. The summed E-state index contributed by atoms with van der Waals surface area (Å²) >= 11 is 5.45. The second kappa shape index (κ2) is 4.82. The van der Waals surface area contributed by atoms with Crippen molar-refractivity contribution in [2.24, 2.45) is 5.41 Å². The fourth-order valence-electron chi connectivity index (χ4n) is 3.25. The van der Waals surface area contributed by atoms with Gasteiger partial charge in [-0.05, 0) is 55.7 Å².